The van der Waals surface area contributed by atoms with Crippen molar-refractivity contribution in [2.75, 3.05) is 6.54 Å². The monoisotopic (exact) mass is 121 g/mol. The highest BCUT2D eigenvalue weighted by atomic mass is 15.1. The Morgan fingerprint density at radius 3 is 2.88 bits per heavy atom. The molecule has 0 aliphatic heterocycles. The van der Waals surface area contributed by atoms with E-state index in [4.69, 9.17) is 5.53 Å². The molecule has 0 bridgehead atoms. The van der Waals surface area contributed by atoms with Crippen molar-refractivity contribution < 1.29 is 5.71 Å². The van der Waals surface area contributed by atoms with Gasteiger partial charge in [0.1, 0.15) is 0 Å². The minimum Gasteiger partial charge on any atom is -0.0940 e. The van der Waals surface area contributed by atoms with Gasteiger partial charge in [0.25, 0.3) is 0 Å². The number of nitrogens with zero attached hydrogens (tertiary/aromatic N) is 3. The first kappa shape index (κ1) is 7.31. The van der Waals surface area contributed by atoms with Crippen molar-refractivity contribution in [1.29, 1.82) is 0 Å². The van der Waals surface area contributed by atoms with Gasteiger partial charge in [-0.1, -0.05) is 24.9 Å². The van der Waals surface area contributed by atoms with Gasteiger partial charge in [-0.15, -0.1) is 0 Å². The zero-order chi connectivity index (χ0) is 6.24. The van der Waals surface area contributed by atoms with Gasteiger partial charge in [0, 0.05) is 17.2 Å². The van der Waals surface area contributed by atoms with Gasteiger partial charge in [-0.3, -0.25) is 0 Å². The summed E-state index contributed by atoms with van der Waals surface area (Å²) in [6.07, 6.45) is 3.38. The average Bonchev–Trinajstić information content (AvgIpc) is 1.81. The fraction of sp³-hybridized carbons (Fsp3) is 1.00. The molecule has 0 aliphatic rings. The van der Waals surface area contributed by atoms with E-state index in [0.29, 0.717) is 6.54 Å². The lowest BCUT2D eigenvalue weighted by Gasteiger charge is -1.86. The third-order valence-electron chi connectivity index (χ3n) is 0.925. The summed E-state index contributed by atoms with van der Waals surface area (Å²) >= 11 is 0. The third-order valence-corrected chi connectivity index (χ3v) is 0.925. The molecule has 0 radical (unpaired) electrons. The van der Waals surface area contributed by atoms with E-state index in [1.165, 1.54) is 12.8 Å². The summed E-state index contributed by atoms with van der Waals surface area (Å²) in [5.41, 5.74) is 7.82. The molecule has 0 atom stereocenters. The van der Waals surface area contributed by atoms with Crippen LogP contribution in [0.3, 0.4) is 0 Å². The van der Waals surface area contributed by atoms with Crippen molar-refractivity contribution in [2.24, 2.45) is 5.11 Å². The quantitative estimate of drug-likeness (QED) is 0.237. The van der Waals surface area contributed by atoms with Crippen molar-refractivity contribution >= 4 is 0 Å². The largest absolute Gasteiger partial charge is 0.0940 e. The normalized spacial score (nSPS) is 8.12. The maximum atomic E-state index is 7.82. The summed E-state index contributed by atoms with van der Waals surface area (Å²) in [6.45, 7) is 2.78. The minimum atomic E-state index is 0. The van der Waals surface area contributed by atoms with Crippen molar-refractivity contribution in [3.63, 3.8) is 0 Å². The number of rotatable bonds is 4. The molecule has 0 amide bonds. The molecule has 3 nitrogen and oxygen atoms in total. The highest BCUT2D eigenvalue weighted by Gasteiger charge is 1.79. The Kier molecular flexibility index (Phi) is 5.77. The van der Waals surface area contributed by atoms with Crippen LogP contribution in [0.2, 0.25) is 0 Å². The fourth-order valence-electron chi connectivity index (χ4n) is 0.477. The Hall–Kier alpha value is -0.690. The van der Waals surface area contributed by atoms with Crippen LogP contribution in [0.5, 0.6) is 0 Å². The molecule has 54 valence electrons. The van der Waals surface area contributed by atoms with Crippen LogP contribution in [0.15, 0.2) is 5.11 Å². The molecule has 8 heavy (non-hydrogen) atoms. The van der Waals surface area contributed by atoms with Crippen molar-refractivity contribution in [1.82, 2.24) is 0 Å². The van der Waals surface area contributed by atoms with Crippen LogP contribution in [0.4, 0.5) is 0 Å². The summed E-state index contributed by atoms with van der Waals surface area (Å²) < 4.78 is 0. The first-order chi connectivity index (χ1) is 3.91. The van der Waals surface area contributed by atoms with Crippen LogP contribution >= 0.6 is 0 Å². The van der Waals surface area contributed by atoms with Gasteiger partial charge in [0.2, 0.25) is 0 Å². The predicted octanol–water partition coefficient (Wildman–Crippen LogP) is 3.47. The van der Waals surface area contributed by atoms with Crippen LogP contribution in [0, 0.1) is 0 Å². The van der Waals surface area contributed by atoms with Gasteiger partial charge in [-0.05, 0) is 12.0 Å². The second kappa shape index (κ2) is 6.31. The van der Waals surface area contributed by atoms with E-state index in [0.717, 1.165) is 6.42 Å². The highest BCUT2D eigenvalue weighted by molar-refractivity contribution is 4.45. The Labute approximate surface area is 55.3 Å². The zero-order valence-electron chi connectivity index (χ0n) is 5.17. The first-order valence-corrected chi connectivity index (χ1v) is 2.92. The van der Waals surface area contributed by atoms with Gasteiger partial charge in [-0.2, -0.15) is 0 Å². The summed E-state index contributed by atoms with van der Waals surface area (Å²) in [7, 11) is 0. The summed E-state index contributed by atoms with van der Waals surface area (Å²) in [4.78, 5) is 2.63. The SMILES string of the molecule is CCCCCN=[N+]=[N-].[HH].[HH].[HH].[HH]. The van der Waals surface area contributed by atoms with Gasteiger partial charge < -0.3 is 0 Å². The van der Waals surface area contributed by atoms with Gasteiger partial charge >= 0.3 is 0 Å². The highest BCUT2D eigenvalue weighted by Crippen LogP contribution is 1.92. The Morgan fingerprint density at radius 1 is 1.62 bits per heavy atom. The number of hydrogen-bond donors (Lipinski definition) is 0. The number of unbranched alkanes of at least 4 members (excludes halogenated alkanes) is 2. The van der Waals surface area contributed by atoms with E-state index in [9.17, 15) is 0 Å². The minimum absolute atomic E-state index is 0. The Balaban J connectivity index is -0.0000000408. The van der Waals surface area contributed by atoms with E-state index in [2.05, 4.69) is 16.9 Å². The maximum Gasteiger partial charge on any atom is 0.0257 e. The molecule has 0 N–H and O–H groups in total. The predicted molar refractivity (Wildman–Crippen MR) is 42.0 cm³/mol. The standard InChI is InChI=1S/C5H11N3.4H2/c1-2-3-4-5-7-8-6;;;;/h2-5H2,1H3;4*1H. The molecule has 0 aromatic carbocycles. The van der Waals surface area contributed by atoms with E-state index in [1.54, 1.807) is 0 Å². The second-order valence-corrected chi connectivity index (χ2v) is 1.66. The van der Waals surface area contributed by atoms with Crippen LogP contribution in [0.1, 0.15) is 31.9 Å². The van der Waals surface area contributed by atoms with Gasteiger partial charge in [0.15, 0.2) is 0 Å². The fourth-order valence-corrected chi connectivity index (χ4v) is 0.477. The van der Waals surface area contributed by atoms with Gasteiger partial charge in [-0.25, -0.2) is 0 Å². The van der Waals surface area contributed by atoms with Crippen molar-refractivity contribution in [3.8, 4) is 0 Å². The topological polar surface area (TPSA) is 48.8 Å². The van der Waals surface area contributed by atoms with E-state index in [-0.39, 0.29) is 5.71 Å². The Bertz CT molecular complexity index is 94.7. The molecule has 0 aromatic heterocycles. The lowest BCUT2D eigenvalue weighted by molar-refractivity contribution is 0.725. The van der Waals surface area contributed by atoms with E-state index >= 15 is 0 Å². The molecule has 0 saturated heterocycles. The zero-order valence-corrected chi connectivity index (χ0v) is 5.17. The third kappa shape index (κ3) is 5.31. The van der Waals surface area contributed by atoms with E-state index < -0.39 is 0 Å². The summed E-state index contributed by atoms with van der Waals surface area (Å²) in [6, 6.07) is 0. The van der Waals surface area contributed by atoms with Crippen LogP contribution in [0.25, 0.3) is 10.4 Å². The summed E-state index contributed by atoms with van der Waals surface area (Å²) in [5.74, 6) is 0. The molecule has 0 rings (SSSR count). The van der Waals surface area contributed by atoms with Gasteiger partial charge in [0.05, 0.1) is 0 Å². The first-order valence-electron chi connectivity index (χ1n) is 2.92. The van der Waals surface area contributed by atoms with Crippen LogP contribution in [-0.4, -0.2) is 6.54 Å². The molecule has 3 heteroatoms. The average molecular weight is 121 g/mol. The molecule has 0 spiro atoms. The lowest BCUT2D eigenvalue weighted by Crippen LogP contribution is -1.76. The lowest BCUT2D eigenvalue weighted by atomic mass is 10.3. The maximum absolute atomic E-state index is 7.82. The molecular weight excluding hydrogens is 102 g/mol. The smallest absolute Gasteiger partial charge is 0.0257 e. The summed E-state index contributed by atoms with van der Waals surface area (Å²) in [5, 5.41) is 3.39. The molecular formula is C5H19N3. The molecule has 0 fully saturated rings. The van der Waals surface area contributed by atoms with Crippen LogP contribution in [-0.2, 0) is 0 Å². The number of azide groups is 1. The van der Waals surface area contributed by atoms with Crippen LogP contribution < -0.4 is 0 Å². The van der Waals surface area contributed by atoms with Crippen molar-refractivity contribution in [3.05, 3.63) is 10.4 Å². The van der Waals surface area contributed by atoms with E-state index in [1.807, 2.05) is 0 Å². The second-order valence-electron chi connectivity index (χ2n) is 1.66. The number of hydrogen-bond acceptors (Lipinski definition) is 1. The molecule has 0 heterocycles. The molecule has 0 aliphatic carbocycles. The molecule has 0 unspecified atom stereocenters. The Morgan fingerprint density at radius 2 is 2.38 bits per heavy atom. The molecule has 0 saturated carbocycles. The van der Waals surface area contributed by atoms with Crippen molar-refractivity contribution in [2.45, 2.75) is 26.2 Å². The molecule has 0 aromatic rings.